The van der Waals surface area contributed by atoms with Crippen LogP contribution in [0.5, 0.6) is 0 Å². The van der Waals surface area contributed by atoms with Gasteiger partial charge in [-0.25, -0.2) is 0 Å². The zero-order valence-corrected chi connectivity index (χ0v) is 20.7. The molecule has 2 aromatic rings. The van der Waals surface area contributed by atoms with Crippen molar-refractivity contribution in [3.63, 3.8) is 0 Å². The number of piperazine rings is 1. The topological polar surface area (TPSA) is 64.2 Å². The van der Waals surface area contributed by atoms with Crippen LogP contribution in [0.3, 0.4) is 0 Å². The maximum Gasteiger partial charge on any atom is 0.257 e. The summed E-state index contributed by atoms with van der Waals surface area (Å²) in [4.78, 5) is 46.9. The molecule has 5 rings (SSSR count). The molecule has 3 aliphatic rings. The average Bonchev–Trinajstić information content (AvgIpc) is 3.18. The molecule has 0 aliphatic carbocycles. The number of aryl methyl sites for hydroxylation is 1. The second-order valence-electron chi connectivity index (χ2n) is 10.1. The number of benzene rings is 2. The summed E-state index contributed by atoms with van der Waals surface area (Å²) in [6, 6.07) is 15.8. The summed E-state index contributed by atoms with van der Waals surface area (Å²) in [5.74, 6) is 0.151. The van der Waals surface area contributed by atoms with Gasteiger partial charge in [0.15, 0.2) is 0 Å². The molecule has 2 aromatic carbocycles. The van der Waals surface area contributed by atoms with Crippen LogP contribution in [0, 0.1) is 6.92 Å². The van der Waals surface area contributed by atoms with Crippen molar-refractivity contribution >= 4 is 23.4 Å². The van der Waals surface area contributed by atoms with Crippen LogP contribution < -0.4 is 4.90 Å². The van der Waals surface area contributed by atoms with Crippen molar-refractivity contribution in [2.45, 2.75) is 51.7 Å². The molecule has 2 saturated heterocycles. The van der Waals surface area contributed by atoms with Crippen molar-refractivity contribution in [2.24, 2.45) is 0 Å². The molecule has 3 amide bonds. The highest BCUT2D eigenvalue weighted by molar-refractivity contribution is 6.10. The van der Waals surface area contributed by atoms with E-state index in [9.17, 15) is 14.4 Å². The van der Waals surface area contributed by atoms with Crippen molar-refractivity contribution in [3.8, 4) is 0 Å². The van der Waals surface area contributed by atoms with Crippen LogP contribution in [-0.4, -0.2) is 70.8 Å². The summed E-state index contributed by atoms with van der Waals surface area (Å²) < 4.78 is 0. The Labute approximate surface area is 207 Å². The van der Waals surface area contributed by atoms with Crippen LogP contribution in [0.25, 0.3) is 0 Å². The molecule has 3 heterocycles. The summed E-state index contributed by atoms with van der Waals surface area (Å²) in [7, 11) is 0. The lowest BCUT2D eigenvalue weighted by molar-refractivity contribution is -0.133. The van der Waals surface area contributed by atoms with E-state index >= 15 is 0 Å². The van der Waals surface area contributed by atoms with Crippen molar-refractivity contribution in [1.29, 1.82) is 0 Å². The Morgan fingerprint density at radius 2 is 1.69 bits per heavy atom. The first-order valence-electron chi connectivity index (χ1n) is 12.7. The van der Waals surface area contributed by atoms with Gasteiger partial charge >= 0.3 is 0 Å². The van der Waals surface area contributed by atoms with Crippen LogP contribution in [0.2, 0.25) is 0 Å². The molecule has 0 spiro atoms. The van der Waals surface area contributed by atoms with E-state index in [4.69, 9.17) is 0 Å². The molecular weight excluding hydrogens is 440 g/mol. The summed E-state index contributed by atoms with van der Waals surface area (Å²) in [6.45, 7) is 8.71. The van der Waals surface area contributed by atoms with E-state index in [1.165, 1.54) is 11.1 Å². The Morgan fingerprint density at radius 1 is 0.971 bits per heavy atom. The molecule has 2 fully saturated rings. The lowest BCUT2D eigenvalue weighted by Gasteiger charge is -2.48. The fourth-order valence-electron chi connectivity index (χ4n) is 5.77. The fraction of sp³-hybridized carbons (Fsp3) is 0.464. The van der Waals surface area contributed by atoms with Gasteiger partial charge in [0.2, 0.25) is 11.8 Å². The Kier molecular flexibility index (Phi) is 6.36. The van der Waals surface area contributed by atoms with E-state index in [0.717, 1.165) is 32.7 Å². The van der Waals surface area contributed by atoms with E-state index in [-0.39, 0.29) is 17.7 Å². The van der Waals surface area contributed by atoms with E-state index in [0.29, 0.717) is 43.5 Å². The van der Waals surface area contributed by atoms with Gasteiger partial charge in [0.25, 0.3) is 5.91 Å². The first-order chi connectivity index (χ1) is 16.9. The Morgan fingerprint density at radius 3 is 2.46 bits per heavy atom. The standard InChI is InChI=1S/C28H34N4O3/c1-21-8-3-4-9-22(21)20-29-16-18-30(19-17-29)25(33)12-7-15-31-27(35)23-10-5-6-11-24(23)32-26(34)13-14-28(31,32)2/h3-6,8-11H,7,12-20H2,1-2H3. The summed E-state index contributed by atoms with van der Waals surface area (Å²) in [6.07, 6.45) is 2.05. The smallest absolute Gasteiger partial charge is 0.257 e. The minimum absolute atomic E-state index is 0.0497. The number of nitrogens with zero attached hydrogens (tertiary/aromatic N) is 4. The van der Waals surface area contributed by atoms with E-state index in [1.54, 1.807) is 11.0 Å². The second-order valence-corrected chi connectivity index (χ2v) is 10.1. The lowest BCUT2D eigenvalue weighted by Crippen LogP contribution is -2.62. The minimum Gasteiger partial charge on any atom is -0.340 e. The number of rotatable bonds is 6. The molecule has 0 saturated carbocycles. The Hall–Kier alpha value is -3.19. The van der Waals surface area contributed by atoms with Gasteiger partial charge < -0.3 is 9.80 Å². The molecular formula is C28H34N4O3. The molecule has 7 nitrogen and oxygen atoms in total. The molecule has 3 aliphatic heterocycles. The van der Waals surface area contributed by atoms with Crippen LogP contribution >= 0.6 is 0 Å². The minimum atomic E-state index is -0.660. The summed E-state index contributed by atoms with van der Waals surface area (Å²) in [5, 5.41) is 0. The predicted octanol–water partition coefficient (Wildman–Crippen LogP) is 3.42. The van der Waals surface area contributed by atoms with Crippen LogP contribution in [0.15, 0.2) is 48.5 Å². The molecule has 0 aromatic heterocycles. The third-order valence-corrected chi connectivity index (χ3v) is 7.90. The number of hydrogen-bond donors (Lipinski definition) is 0. The third kappa shape index (κ3) is 4.33. The summed E-state index contributed by atoms with van der Waals surface area (Å²) in [5.41, 5.74) is 3.26. The quantitative estimate of drug-likeness (QED) is 0.644. The number of amides is 3. The van der Waals surface area contributed by atoms with Gasteiger partial charge in [-0.05, 0) is 49.9 Å². The number of carbonyl (C=O) groups excluding carboxylic acids is 3. The lowest BCUT2D eigenvalue weighted by atomic mass is 9.98. The van der Waals surface area contributed by atoms with Crippen LogP contribution in [-0.2, 0) is 16.1 Å². The fourth-order valence-corrected chi connectivity index (χ4v) is 5.77. The van der Waals surface area contributed by atoms with Crippen LogP contribution in [0.1, 0.15) is 54.1 Å². The van der Waals surface area contributed by atoms with Gasteiger partial charge in [-0.3, -0.25) is 24.2 Å². The van der Waals surface area contributed by atoms with Gasteiger partial charge in [0.1, 0.15) is 5.66 Å². The molecule has 1 atom stereocenters. The maximum atomic E-state index is 13.3. The molecule has 184 valence electrons. The van der Waals surface area contributed by atoms with Crippen molar-refractivity contribution in [3.05, 3.63) is 65.2 Å². The molecule has 35 heavy (non-hydrogen) atoms. The molecule has 0 bridgehead atoms. The molecule has 7 heteroatoms. The van der Waals surface area contributed by atoms with Crippen molar-refractivity contribution in [1.82, 2.24) is 14.7 Å². The van der Waals surface area contributed by atoms with Crippen LogP contribution in [0.4, 0.5) is 5.69 Å². The number of carbonyl (C=O) groups is 3. The Balaban J connectivity index is 1.16. The highest BCUT2D eigenvalue weighted by Crippen LogP contribution is 2.44. The largest absolute Gasteiger partial charge is 0.340 e. The number of anilines is 1. The average molecular weight is 475 g/mol. The monoisotopic (exact) mass is 474 g/mol. The maximum absolute atomic E-state index is 13.3. The Bertz CT molecular complexity index is 1140. The number of fused-ring (bicyclic) bond motifs is 3. The van der Waals surface area contributed by atoms with E-state index < -0.39 is 5.66 Å². The molecule has 0 radical (unpaired) electrons. The predicted molar refractivity (Wildman–Crippen MR) is 135 cm³/mol. The van der Waals surface area contributed by atoms with Crippen molar-refractivity contribution in [2.75, 3.05) is 37.6 Å². The zero-order valence-electron chi connectivity index (χ0n) is 20.7. The normalized spacial score (nSPS) is 22.4. The summed E-state index contributed by atoms with van der Waals surface area (Å²) >= 11 is 0. The number of para-hydroxylation sites is 1. The highest BCUT2D eigenvalue weighted by Gasteiger charge is 2.52. The first kappa shape index (κ1) is 23.5. The molecule has 1 unspecified atom stereocenters. The van der Waals surface area contributed by atoms with Gasteiger partial charge in [-0.2, -0.15) is 0 Å². The van der Waals surface area contributed by atoms with Gasteiger partial charge in [-0.15, -0.1) is 0 Å². The second kappa shape index (κ2) is 9.46. The first-order valence-corrected chi connectivity index (χ1v) is 12.7. The van der Waals surface area contributed by atoms with Crippen molar-refractivity contribution < 1.29 is 14.4 Å². The van der Waals surface area contributed by atoms with Gasteiger partial charge in [0, 0.05) is 52.1 Å². The van der Waals surface area contributed by atoms with E-state index in [2.05, 4.69) is 36.1 Å². The van der Waals surface area contributed by atoms with Gasteiger partial charge in [-0.1, -0.05) is 36.4 Å². The number of hydrogen-bond acceptors (Lipinski definition) is 4. The highest BCUT2D eigenvalue weighted by atomic mass is 16.2. The SMILES string of the molecule is Cc1ccccc1CN1CCN(C(=O)CCCN2C(=O)c3ccccc3N3C(=O)CCC23C)CC1. The van der Waals surface area contributed by atoms with Gasteiger partial charge in [0.05, 0.1) is 11.3 Å². The third-order valence-electron chi connectivity index (χ3n) is 7.90. The molecule has 0 N–H and O–H groups in total. The van der Waals surface area contributed by atoms with E-state index in [1.807, 2.05) is 34.9 Å². The zero-order chi connectivity index (χ0) is 24.6.